The Morgan fingerprint density at radius 2 is 0.754 bits per heavy atom. The predicted molar refractivity (Wildman–Crippen MR) is 261 cm³/mol. The van der Waals surface area contributed by atoms with Crippen molar-refractivity contribution < 1.29 is 0 Å². The van der Waals surface area contributed by atoms with Gasteiger partial charge in [0.15, 0.2) is 0 Å². The van der Waals surface area contributed by atoms with Gasteiger partial charge in [-0.25, -0.2) is 0 Å². The summed E-state index contributed by atoms with van der Waals surface area (Å²) in [5.74, 6) is 0. The second-order valence-electron chi connectivity index (χ2n) is 18.1. The van der Waals surface area contributed by atoms with Crippen molar-refractivity contribution >= 4 is 46.3 Å². The third-order valence-corrected chi connectivity index (χ3v) is 13.2. The smallest absolute Gasteiger partial charge is 0.0490 e. The van der Waals surface area contributed by atoms with Gasteiger partial charge in [0.2, 0.25) is 0 Å². The summed E-state index contributed by atoms with van der Waals surface area (Å²) in [5, 5.41) is 0. The second kappa shape index (κ2) is 14.7. The number of benzene rings is 8. The Bertz CT molecular complexity index is 2950. The summed E-state index contributed by atoms with van der Waals surface area (Å²) in [6.07, 6.45) is 4.58. The highest BCUT2D eigenvalue weighted by Gasteiger charge is 2.37. The molecule has 0 spiro atoms. The molecule has 0 fully saturated rings. The van der Waals surface area contributed by atoms with Crippen molar-refractivity contribution in [3.05, 3.63) is 226 Å². The Labute approximate surface area is 362 Å². The van der Waals surface area contributed by atoms with E-state index in [9.17, 15) is 0 Å². The Balaban J connectivity index is 0.949. The Morgan fingerprint density at radius 3 is 1.23 bits per heavy atom. The van der Waals surface area contributed by atoms with E-state index < -0.39 is 0 Å². The fourth-order valence-corrected chi connectivity index (χ4v) is 10.1. The molecule has 8 aromatic rings. The van der Waals surface area contributed by atoms with Crippen molar-refractivity contribution in [2.24, 2.45) is 0 Å². The van der Waals surface area contributed by atoms with Gasteiger partial charge in [0, 0.05) is 45.0 Å². The van der Waals surface area contributed by atoms with Crippen molar-refractivity contribution in [3.63, 3.8) is 0 Å². The van der Waals surface area contributed by atoms with Crippen LogP contribution in [0.3, 0.4) is 0 Å². The van der Waals surface area contributed by atoms with Crippen LogP contribution in [0.5, 0.6) is 0 Å². The molecule has 0 aromatic heterocycles. The first-order valence-electron chi connectivity index (χ1n) is 21.6. The molecule has 2 aliphatic rings. The van der Waals surface area contributed by atoms with Crippen LogP contribution in [-0.4, -0.2) is 0 Å². The fraction of sp³-hybridized carbons (Fsp3) is 0.153. The number of aryl methyl sites for hydroxylation is 3. The first-order chi connectivity index (χ1) is 29.5. The molecule has 0 unspecified atom stereocenters. The predicted octanol–water partition coefficient (Wildman–Crippen LogP) is 16.3. The minimum Gasteiger partial charge on any atom is -0.310 e. The Morgan fingerprint density at radius 1 is 0.344 bits per heavy atom. The van der Waals surface area contributed by atoms with Crippen molar-refractivity contribution in [1.29, 1.82) is 0 Å². The molecule has 0 saturated heterocycles. The number of anilines is 6. The summed E-state index contributed by atoms with van der Waals surface area (Å²) in [5.41, 5.74) is 23.7. The lowest BCUT2D eigenvalue weighted by Gasteiger charge is -2.29. The quantitative estimate of drug-likeness (QED) is 0.142. The molecule has 10 rings (SSSR count). The first-order valence-corrected chi connectivity index (χ1v) is 21.6. The van der Waals surface area contributed by atoms with Gasteiger partial charge in [-0.05, 0) is 160 Å². The zero-order valence-corrected chi connectivity index (χ0v) is 36.3. The van der Waals surface area contributed by atoms with Gasteiger partial charge < -0.3 is 9.80 Å². The van der Waals surface area contributed by atoms with E-state index in [0.717, 1.165) is 11.4 Å². The maximum absolute atomic E-state index is 2.43. The second-order valence-corrected chi connectivity index (χ2v) is 18.1. The van der Waals surface area contributed by atoms with Crippen LogP contribution in [0.4, 0.5) is 34.1 Å². The summed E-state index contributed by atoms with van der Waals surface area (Å²) < 4.78 is 0. The maximum Gasteiger partial charge on any atom is 0.0490 e. The number of para-hydroxylation sites is 3. The molecule has 298 valence electrons. The van der Waals surface area contributed by atoms with Crippen LogP contribution in [0.1, 0.15) is 77.8 Å². The minimum absolute atomic E-state index is 0.154. The maximum atomic E-state index is 2.43. The molecular formula is C59H52N2. The molecule has 0 radical (unpaired) electrons. The van der Waals surface area contributed by atoms with E-state index in [2.05, 4.69) is 246 Å². The van der Waals surface area contributed by atoms with Gasteiger partial charge in [0.25, 0.3) is 0 Å². The van der Waals surface area contributed by atoms with E-state index in [-0.39, 0.29) is 10.8 Å². The molecule has 0 aliphatic heterocycles. The Hall–Kier alpha value is -6.90. The van der Waals surface area contributed by atoms with E-state index in [1.807, 2.05) is 0 Å². The molecule has 0 amide bonds. The highest BCUT2D eigenvalue weighted by atomic mass is 15.1. The number of rotatable bonds is 8. The lowest BCUT2D eigenvalue weighted by atomic mass is 9.81. The third-order valence-electron chi connectivity index (χ3n) is 13.2. The molecule has 0 atom stereocenters. The Kier molecular flexibility index (Phi) is 9.22. The molecular weight excluding hydrogens is 737 g/mol. The molecule has 2 nitrogen and oxygen atoms in total. The summed E-state index contributed by atoms with van der Waals surface area (Å²) in [7, 11) is 0. The van der Waals surface area contributed by atoms with Crippen molar-refractivity contribution in [2.75, 3.05) is 9.80 Å². The zero-order chi connectivity index (χ0) is 42.0. The van der Waals surface area contributed by atoms with Crippen LogP contribution in [0.2, 0.25) is 0 Å². The monoisotopic (exact) mass is 788 g/mol. The third kappa shape index (κ3) is 6.59. The number of hydrogen-bond acceptors (Lipinski definition) is 2. The molecule has 0 heterocycles. The largest absolute Gasteiger partial charge is 0.310 e. The molecule has 0 saturated carbocycles. The van der Waals surface area contributed by atoms with Crippen molar-refractivity contribution in [1.82, 2.24) is 0 Å². The zero-order valence-electron chi connectivity index (χ0n) is 36.3. The molecule has 0 N–H and O–H groups in total. The average molecular weight is 789 g/mol. The molecule has 61 heavy (non-hydrogen) atoms. The first kappa shape index (κ1) is 38.3. The van der Waals surface area contributed by atoms with E-state index in [0.29, 0.717) is 0 Å². The van der Waals surface area contributed by atoms with Gasteiger partial charge in [-0.2, -0.15) is 0 Å². The van der Waals surface area contributed by atoms with Crippen LogP contribution in [0, 0.1) is 20.8 Å². The number of nitrogens with zero attached hydrogens (tertiary/aromatic N) is 2. The highest BCUT2D eigenvalue weighted by molar-refractivity contribution is 5.89. The van der Waals surface area contributed by atoms with Crippen molar-refractivity contribution in [3.8, 4) is 22.3 Å². The standard InChI is InChI=1S/C59H52N2/c1-39-32-40(2)34-48(33-39)61(57-21-15-14-16-41(57)3)47-27-31-52-50-29-25-43(36-54(50)59(6,7)56(52)38-47)23-22-42-24-28-49-51-30-26-46(37-55(51)58(4,5)53(49)35-42)60(44-17-10-8-11-18-44)45-19-12-9-13-20-45/h8-38H,1-7H3/b23-22+. The lowest BCUT2D eigenvalue weighted by molar-refractivity contribution is 0.660. The summed E-state index contributed by atoms with van der Waals surface area (Å²) in [4.78, 5) is 4.79. The number of fused-ring (bicyclic) bond motifs is 6. The fourth-order valence-electron chi connectivity index (χ4n) is 10.1. The van der Waals surface area contributed by atoms with E-state index in [1.165, 1.54) is 95.1 Å². The van der Waals surface area contributed by atoms with Gasteiger partial charge in [-0.1, -0.05) is 149 Å². The normalized spacial score (nSPS) is 14.0. The van der Waals surface area contributed by atoms with Crippen LogP contribution in [0.15, 0.2) is 176 Å². The molecule has 8 aromatic carbocycles. The molecule has 2 heteroatoms. The van der Waals surface area contributed by atoms with Gasteiger partial charge in [-0.3, -0.25) is 0 Å². The van der Waals surface area contributed by atoms with Crippen LogP contribution in [0.25, 0.3) is 34.4 Å². The van der Waals surface area contributed by atoms with E-state index in [1.54, 1.807) is 0 Å². The lowest BCUT2D eigenvalue weighted by Crippen LogP contribution is -2.17. The van der Waals surface area contributed by atoms with E-state index in [4.69, 9.17) is 0 Å². The summed E-state index contributed by atoms with van der Waals surface area (Å²) >= 11 is 0. The molecule has 0 bridgehead atoms. The van der Waals surface area contributed by atoms with Gasteiger partial charge in [-0.15, -0.1) is 0 Å². The van der Waals surface area contributed by atoms with E-state index >= 15 is 0 Å². The van der Waals surface area contributed by atoms with Gasteiger partial charge in [0.1, 0.15) is 0 Å². The van der Waals surface area contributed by atoms with Crippen LogP contribution in [-0.2, 0) is 10.8 Å². The van der Waals surface area contributed by atoms with Gasteiger partial charge >= 0.3 is 0 Å². The van der Waals surface area contributed by atoms with Crippen LogP contribution < -0.4 is 9.80 Å². The summed E-state index contributed by atoms with van der Waals surface area (Å²) in [6.45, 7) is 16.1. The minimum atomic E-state index is -0.163. The topological polar surface area (TPSA) is 6.48 Å². The van der Waals surface area contributed by atoms with Gasteiger partial charge in [0.05, 0.1) is 0 Å². The highest BCUT2D eigenvalue weighted by Crippen LogP contribution is 2.53. The number of hydrogen-bond donors (Lipinski definition) is 0. The summed E-state index contributed by atoms with van der Waals surface area (Å²) in [6, 6.07) is 65.0. The van der Waals surface area contributed by atoms with Crippen LogP contribution >= 0.6 is 0 Å². The average Bonchev–Trinajstić information content (AvgIpc) is 3.62. The van der Waals surface area contributed by atoms with Crippen molar-refractivity contribution in [2.45, 2.75) is 59.3 Å². The SMILES string of the molecule is Cc1cc(C)cc(N(c2ccc3c(c2)C(C)(C)c2cc(/C=C/c4ccc5c(c4)C(C)(C)c4cc(N(c6ccccc6)c6ccccc6)ccc4-5)ccc2-3)c2ccccc2C)c1. The molecule has 2 aliphatic carbocycles.